The van der Waals surface area contributed by atoms with Gasteiger partial charge in [-0.25, -0.2) is 9.59 Å². The molecule has 1 fully saturated rings. The largest absolute Gasteiger partial charge is 0.459 e. The maximum absolute atomic E-state index is 12.9. The molecule has 0 spiro atoms. The number of benzene rings is 3. The zero-order valence-electron chi connectivity index (χ0n) is 22.6. The molecule has 214 valence electrons. The van der Waals surface area contributed by atoms with E-state index in [0.29, 0.717) is 0 Å². The highest BCUT2D eigenvalue weighted by Crippen LogP contribution is 2.38. The van der Waals surface area contributed by atoms with E-state index in [9.17, 15) is 19.2 Å². The minimum absolute atomic E-state index is 0.0282. The average molecular weight is 563 g/mol. The molecule has 0 amide bonds. The van der Waals surface area contributed by atoms with Crippen molar-refractivity contribution in [3.63, 3.8) is 0 Å². The van der Waals surface area contributed by atoms with Gasteiger partial charge in [-0.15, -0.1) is 0 Å². The average Bonchev–Trinajstić information content (AvgIpc) is 3.25. The molecule has 4 rings (SSSR count). The molecule has 3 aromatic rings. The predicted molar refractivity (Wildman–Crippen MR) is 143 cm³/mol. The smallest absolute Gasteiger partial charge is 0.338 e. The van der Waals surface area contributed by atoms with Gasteiger partial charge < -0.3 is 28.4 Å². The number of esters is 4. The number of hydrogen-bond donors (Lipinski definition) is 0. The summed E-state index contributed by atoms with van der Waals surface area (Å²) in [5.74, 6) is -2.76. The van der Waals surface area contributed by atoms with Gasteiger partial charge in [0.15, 0.2) is 11.7 Å². The molecule has 10 nitrogen and oxygen atoms in total. The fraction of sp³-hybridized carbons (Fsp3) is 0.290. The maximum atomic E-state index is 12.9. The Kier molecular flexibility index (Phi) is 9.83. The van der Waals surface area contributed by atoms with Crippen molar-refractivity contribution >= 4 is 23.9 Å². The molecule has 0 aromatic heterocycles. The molecule has 41 heavy (non-hydrogen) atoms. The third kappa shape index (κ3) is 7.77. The number of carbonyl (C=O) groups excluding carboxylic acids is 4. The third-order valence-electron chi connectivity index (χ3n) is 6.21. The van der Waals surface area contributed by atoms with E-state index in [1.165, 1.54) is 13.8 Å². The summed E-state index contributed by atoms with van der Waals surface area (Å²) >= 11 is 0. The van der Waals surface area contributed by atoms with Crippen molar-refractivity contribution in [1.82, 2.24) is 0 Å². The van der Waals surface area contributed by atoms with Crippen molar-refractivity contribution in [3.8, 4) is 0 Å². The molecule has 0 saturated carbocycles. The van der Waals surface area contributed by atoms with Crippen LogP contribution in [0.3, 0.4) is 0 Å². The van der Waals surface area contributed by atoms with E-state index in [1.54, 1.807) is 60.7 Å². The van der Waals surface area contributed by atoms with Crippen LogP contribution < -0.4 is 0 Å². The first kappa shape index (κ1) is 29.4. The van der Waals surface area contributed by atoms with Crippen molar-refractivity contribution in [3.05, 3.63) is 108 Å². The lowest BCUT2D eigenvalue weighted by Gasteiger charge is -2.33. The van der Waals surface area contributed by atoms with Crippen LogP contribution in [-0.4, -0.2) is 61.2 Å². The lowest BCUT2D eigenvalue weighted by molar-refractivity contribution is -0.215. The van der Waals surface area contributed by atoms with Crippen LogP contribution in [0.4, 0.5) is 0 Å². The zero-order valence-corrected chi connectivity index (χ0v) is 22.6. The molecule has 1 aliphatic rings. The Morgan fingerprint density at radius 1 is 0.683 bits per heavy atom. The summed E-state index contributed by atoms with van der Waals surface area (Å²) in [6.07, 6.45) is -3.91. The SMILES string of the molecule is CC(=O)O[C@H]1OC(COC(=O)c2ccccc2)(COC(=O)c2ccccc2)[C@H](OCc2ccccc2)[C@H]1OC(C)=O. The van der Waals surface area contributed by atoms with Gasteiger partial charge in [0.2, 0.25) is 6.29 Å². The Balaban J connectivity index is 1.69. The van der Waals surface area contributed by atoms with Crippen LogP contribution in [0.2, 0.25) is 0 Å². The third-order valence-corrected chi connectivity index (χ3v) is 6.21. The van der Waals surface area contributed by atoms with E-state index in [2.05, 4.69) is 0 Å². The summed E-state index contributed by atoms with van der Waals surface area (Å²) in [5, 5.41) is 0. The molecule has 0 bridgehead atoms. The molecule has 3 aromatic carbocycles. The van der Waals surface area contributed by atoms with Crippen molar-refractivity contribution in [2.45, 2.75) is 44.6 Å². The standard InChI is InChI=1S/C31H30O10/c1-21(32)39-26-27(36-18-23-12-6-3-7-13-23)31(41-30(26)40-22(2)33,19-37-28(34)24-14-8-4-9-15-24)20-38-29(35)25-16-10-5-11-17-25/h3-17,26-27,30H,18-20H2,1-2H3/t26-,27-,30+/m1/s1. The molecule has 0 radical (unpaired) electrons. The van der Waals surface area contributed by atoms with E-state index in [0.717, 1.165) is 5.56 Å². The summed E-state index contributed by atoms with van der Waals surface area (Å²) in [5.41, 5.74) is -0.404. The van der Waals surface area contributed by atoms with Crippen molar-refractivity contribution in [1.29, 1.82) is 0 Å². The van der Waals surface area contributed by atoms with Gasteiger partial charge >= 0.3 is 23.9 Å². The highest BCUT2D eigenvalue weighted by Gasteiger charge is 2.61. The zero-order chi connectivity index (χ0) is 29.2. The fourth-order valence-electron chi connectivity index (χ4n) is 4.34. The lowest BCUT2D eigenvalue weighted by atomic mass is 9.96. The van der Waals surface area contributed by atoms with Crippen LogP contribution in [0.5, 0.6) is 0 Å². The first-order valence-electron chi connectivity index (χ1n) is 12.9. The van der Waals surface area contributed by atoms with Gasteiger partial charge in [0.25, 0.3) is 0 Å². The van der Waals surface area contributed by atoms with Crippen LogP contribution in [0.1, 0.15) is 40.1 Å². The van der Waals surface area contributed by atoms with Crippen molar-refractivity contribution in [2.24, 2.45) is 0 Å². The quantitative estimate of drug-likeness (QED) is 0.251. The van der Waals surface area contributed by atoms with Crippen LogP contribution in [0, 0.1) is 0 Å². The van der Waals surface area contributed by atoms with E-state index in [4.69, 9.17) is 28.4 Å². The Morgan fingerprint density at radius 3 is 1.61 bits per heavy atom. The summed E-state index contributed by atoms with van der Waals surface area (Å²) in [4.78, 5) is 49.9. The van der Waals surface area contributed by atoms with E-state index >= 15 is 0 Å². The Bertz CT molecular complexity index is 1270. The van der Waals surface area contributed by atoms with Gasteiger partial charge in [0.1, 0.15) is 19.3 Å². The van der Waals surface area contributed by atoms with E-state index in [1.807, 2.05) is 30.3 Å². The second-order valence-corrected chi connectivity index (χ2v) is 9.34. The van der Waals surface area contributed by atoms with Gasteiger partial charge in [-0.1, -0.05) is 66.7 Å². The molecule has 0 aliphatic carbocycles. The van der Waals surface area contributed by atoms with Gasteiger partial charge in [0.05, 0.1) is 17.7 Å². The maximum Gasteiger partial charge on any atom is 0.338 e. The van der Waals surface area contributed by atoms with E-state index < -0.39 is 61.2 Å². The molecular formula is C31H30O10. The normalized spacial score (nSPS) is 19.1. The fourth-order valence-corrected chi connectivity index (χ4v) is 4.34. The van der Waals surface area contributed by atoms with Crippen molar-refractivity contribution in [2.75, 3.05) is 13.2 Å². The van der Waals surface area contributed by atoms with Gasteiger partial charge in [0, 0.05) is 13.8 Å². The molecule has 1 saturated heterocycles. The van der Waals surface area contributed by atoms with Crippen LogP contribution in [0.15, 0.2) is 91.0 Å². The number of carbonyl (C=O) groups is 4. The summed E-state index contributed by atoms with van der Waals surface area (Å²) in [6.45, 7) is 1.40. The molecule has 10 heteroatoms. The Labute approximate surface area is 237 Å². The number of rotatable bonds is 11. The van der Waals surface area contributed by atoms with Crippen molar-refractivity contribution < 1.29 is 47.6 Å². The predicted octanol–water partition coefficient (Wildman–Crippen LogP) is 3.88. The van der Waals surface area contributed by atoms with Gasteiger partial charge in [-0.2, -0.15) is 0 Å². The summed E-state index contributed by atoms with van der Waals surface area (Å²) in [7, 11) is 0. The summed E-state index contributed by atoms with van der Waals surface area (Å²) < 4.78 is 34.5. The topological polar surface area (TPSA) is 124 Å². The van der Waals surface area contributed by atoms with Crippen LogP contribution in [-0.2, 0) is 44.6 Å². The second kappa shape index (κ2) is 13.7. The molecule has 1 aliphatic heterocycles. The molecule has 0 unspecified atom stereocenters. The second-order valence-electron chi connectivity index (χ2n) is 9.34. The first-order chi connectivity index (χ1) is 19.8. The minimum Gasteiger partial charge on any atom is -0.459 e. The van der Waals surface area contributed by atoms with Gasteiger partial charge in [-0.05, 0) is 29.8 Å². The monoisotopic (exact) mass is 562 g/mol. The van der Waals surface area contributed by atoms with Gasteiger partial charge in [-0.3, -0.25) is 9.59 Å². The Morgan fingerprint density at radius 2 is 1.15 bits per heavy atom. The number of ether oxygens (including phenoxy) is 6. The first-order valence-corrected chi connectivity index (χ1v) is 12.9. The highest BCUT2D eigenvalue weighted by molar-refractivity contribution is 5.90. The molecule has 3 atom stereocenters. The van der Waals surface area contributed by atoms with Crippen LogP contribution in [0.25, 0.3) is 0 Å². The molecular weight excluding hydrogens is 532 g/mol. The summed E-state index contributed by atoms with van der Waals surface area (Å²) in [6, 6.07) is 25.7. The van der Waals surface area contributed by atoms with Crippen LogP contribution >= 0.6 is 0 Å². The molecule has 0 N–H and O–H groups in total. The minimum atomic E-state index is -1.73. The highest BCUT2D eigenvalue weighted by atomic mass is 16.8. The van der Waals surface area contributed by atoms with E-state index in [-0.39, 0.29) is 17.7 Å². The lowest BCUT2D eigenvalue weighted by Crippen LogP contribution is -2.53. The molecule has 1 heterocycles. The Hall–Kier alpha value is -4.54. The number of hydrogen-bond acceptors (Lipinski definition) is 10.